The van der Waals surface area contributed by atoms with E-state index in [2.05, 4.69) is 73.9 Å². The molecule has 0 aliphatic heterocycles. The maximum Gasteiger partial charge on any atom is 0.0683 e. The van der Waals surface area contributed by atoms with E-state index in [0.29, 0.717) is 0 Å². The van der Waals surface area contributed by atoms with Gasteiger partial charge in [-0.1, -0.05) is 30.3 Å². The molecule has 0 bridgehead atoms. The Bertz CT molecular complexity index is 554. The summed E-state index contributed by atoms with van der Waals surface area (Å²) in [7, 11) is 0. The van der Waals surface area contributed by atoms with Crippen LogP contribution in [-0.2, 0) is 0 Å². The first-order chi connectivity index (χ1) is 9.76. The summed E-state index contributed by atoms with van der Waals surface area (Å²) < 4.78 is 0. The Kier molecular flexibility index (Phi) is 4.89. The van der Waals surface area contributed by atoms with Crippen LogP contribution in [-0.4, -0.2) is 26.2 Å². The van der Waals surface area contributed by atoms with Gasteiger partial charge in [0.1, 0.15) is 0 Å². The molecule has 2 aromatic rings. The van der Waals surface area contributed by atoms with E-state index in [0.717, 1.165) is 26.2 Å². The molecule has 2 rings (SSSR count). The highest BCUT2D eigenvalue weighted by Gasteiger charge is 2.15. The third kappa shape index (κ3) is 2.60. The molecule has 20 heavy (non-hydrogen) atoms. The Hall–Kier alpha value is -1.70. The Morgan fingerprint density at radius 1 is 0.700 bits per heavy atom. The summed E-state index contributed by atoms with van der Waals surface area (Å²) >= 11 is 0. The maximum absolute atomic E-state index is 2.47. The lowest BCUT2D eigenvalue weighted by Crippen LogP contribution is -2.28. The standard InChI is InChI=1S/C18H26N2/c1-5-19(6-2)17-14-13-15-11-9-10-12-16(15)18(17)20(7-3)8-4/h9-14H,5-8H2,1-4H3. The third-order valence-electron chi connectivity index (χ3n) is 4.06. The van der Waals surface area contributed by atoms with E-state index in [1.54, 1.807) is 0 Å². The van der Waals surface area contributed by atoms with E-state index in [1.807, 2.05) is 0 Å². The lowest BCUT2D eigenvalue weighted by atomic mass is 10.1. The van der Waals surface area contributed by atoms with Crippen LogP contribution < -0.4 is 9.80 Å². The van der Waals surface area contributed by atoms with Crippen LogP contribution in [0.15, 0.2) is 36.4 Å². The lowest BCUT2D eigenvalue weighted by Gasteiger charge is -2.31. The summed E-state index contributed by atoms with van der Waals surface area (Å²) in [6.07, 6.45) is 0. The molecule has 2 heteroatoms. The molecule has 0 aromatic heterocycles. The van der Waals surface area contributed by atoms with Crippen molar-refractivity contribution in [3.8, 4) is 0 Å². The number of hydrogen-bond acceptors (Lipinski definition) is 2. The van der Waals surface area contributed by atoms with Gasteiger partial charge in [0, 0.05) is 31.6 Å². The van der Waals surface area contributed by atoms with Crippen molar-refractivity contribution in [3.05, 3.63) is 36.4 Å². The molecular weight excluding hydrogens is 244 g/mol. The minimum absolute atomic E-state index is 1.04. The van der Waals surface area contributed by atoms with Gasteiger partial charge < -0.3 is 9.80 Å². The highest BCUT2D eigenvalue weighted by atomic mass is 15.2. The number of fused-ring (bicyclic) bond motifs is 1. The molecule has 0 amide bonds. The molecule has 0 fully saturated rings. The smallest absolute Gasteiger partial charge is 0.0683 e. The van der Waals surface area contributed by atoms with E-state index < -0.39 is 0 Å². The van der Waals surface area contributed by atoms with Crippen LogP contribution in [0, 0.1) is 0 Å². The molecule has 108 valence electrons. The second-order valence-electron chi connectivity index (χ2n) is 5.00. The topological polar surface area (TPSA) is 6.48 Å². The quantitative estimate of drug-likeness (QED) is 0.761. The van der Waals surface area contributed by atoms with Gasteiger partial charge in [0.05, 0.1) is 11.4 Å². The summed E-state index contributed by atoms with van der Waals surface area (Å²) in [4.78, 5) is 4.91. The Labute approximate surface area is 123 Å². The zero-order valence-corrected chi connectivity index (χ0v) is 13.2. The minimum atomic E-state index is 1.04. The van der Waals surface area contributed by atoms with E-state index in [1.165, 1.54) is 22.1 Å². The molecule has 0 aliphatic rings. The van der Waals surface area contributed by atoms with E-state index >= 15 is 0 Å². The molecule has 0 saturated heterocycles. The van der Waals surface area contributed by atoms with E-state index in [-0.39, 0.29) is 0 Å². The van der Waals surface area contributed by atoms with Crippen molar-refractivity contribution in [1.82, 2.24) is 0 Å². The number of rotatable bonds is 6. The van der Waals surface area contributed by atoms with Gasteiger partial charge in [0.2, 0.25) is 0 Å². The Balaban J connectivity index is 2.70. The fraction of sp³-hybridized carbons (Fsp3) is 0.444. The maximum atomic E-state index is 2.47. The number of anilines is 2. The normalized spacial score (nSPS) is 10.8. The number of hydrogen-bond donors (Lipinski definition) is 0. The van der Waals surface area contributed by atoms with Gasteiger partial charge in [-0.15, -0.1) is 0 Å². The third-order valence-corrected chi connectivity index (χ3v) is 4.06. The molecular formula is C18H26N2. The zero-order valence-electron chi connectivity index (χ0n) is 13.2. The van der Waals surface area contributed by atoms with Crippen LogP contribution >= 0.6 is 0 Å². The fourth-order valence-electron chi connectivity index (χ4n) is 2.94. The van der Waals surface area contributed by atoms with Gasteiger partial charge in [0.15, 0.2) is 0 Å². The van der Waals surface area contributed by atoms with Crippen molar-refractivity contribution in [2.75, 3.05) is 36.0 Å². The van der Waals surface area contributed by atoms with Crippen molar-refractivity contribution >= 4 is 22.1 Å². The summed E-state index contributed by atoms with van der Waals surface area (Å²) in [6, 6.07) is 13.2. The first kappa shape index (κ1) is 14.7. The Morgan fingerprint density at radius 3 is 1.90 bits per heavy atom. The highest BCUT2D eigenvalue weighted by molar-refractivity contribution is 6.00. The van der Waals surface area contributed by atoms with Crippen molar-refractivity contribution in [2.45, 2.75) is 27.7 Å². The molecule has 0 radical (unpaired) electrons. The molecule has 0 N–H and O–H groups in total. The van der Waals surface area contributed by atoms with Gasteiger partial charge in [-0.05, 0) is 39.1 Å². The van der Waals surface area contributed by atoms with E-state index in [4.69, 9.17) is 0 Å². The van der Waals surface area contributed by atoms with Crippen molar-refractivity contribution in [1.29, 1.82) is 0 Å². The molecule has 0 heterocycles. The van der Waals surface area contributed by atoms with Crippen molar-refractivity contribution < 1.29 is 0 Å². The highest BCUT2D eigenvalue weighted by Crippen LogP contribution is 2.36. The van der Waals surface area contributed by atoms with Gasteiger partial charge >= 0.3 is 0 Å². The van der Waals surface area contributed by atoms with Crippen molar-refractivity contribution in [3.63, 3.8) is 0 Å². The molecule has 2 nitrogen and oxygen atoms in total. The molecule has 0 atom stereocenters. The van der Waals surface area contributed by atoms with Crippen LogP contribution in [0.3, 0.4) is 0 Å². The first-order valence-electron chi connectivity index (χ1n) is 7.78. The van der Waals surface area contributed by atoms with Gasteiger partial charge in [-0.3, -0.25) is 0 Å². The summed E-state index contributed by atoms with van der Waals surface area (Å²) in [5, 5.41) is 2.69. The molecule has 0 saturated carbocycles. The van der Waals surface area contributed by atoms with Gasteiger partial charge in [0.25, 0.3) is 0 Å². The molecule has 2 aromatic carbocycles. The molecule has 0 aliphatic carbocycles. The van der Waals surface area contributed by atoms with Crippen LogP contribution in [0.4, 0.5) is 11.4 Å². The SMILES string of the molecule is CCN(CC)c1ccc2ccccc2c1N(CC)CC. The number of benzene rings is 2. The van der Waals surface area contributed by atoms with Crippen LogP contribution in [0.5, 0.6) is 0 Å². The average Bonchev–Trinajstić information content (AvgIpc) is 2.51. The number of nitrogens with zero attached hydrogens (tertiary/aromatic N) is 2. The molecule has 0 unspecified atom stereocenters. The summed E-state index contributed by atoms with van der Waals surface area (Å²) in [6.45, 7) is 13.1. The lowest BCUT2D eigenvalue weighted by molar-refractivity contribution is 0.836. The van der Waals surface area contributed by atoms with Crippen molar-refractivity contribution in [2.24, 2.45) is 0 Å². The first-order valence-corrected chi connectivity index (χ1v) is 7.78. The second kappa shape index (κ2) is 6.65. The molecule has 0 spiro atoms. The largest absolute Gasteiger partial charge is 0.370 e. The predicted octanol–water partition coefficient (Wildman–Crippen LogP) is 4.53. The monoisotopic (exact) mass is 270 g/mol. The van der Waals surface area contributed by atoms with Gasteiger partial charge in [-0.25, -0.2) is 0 Å². The van der Waals surface area contributed by atoms with Crippen LogP contribution in [0.2, 0.25) is 0 Å². The summed E-state index contributed by atoms with van der Waals surface area (Å²) in [5.41, 5.74) is 2.74. The average molecular weight is 270 g/mol. The minimum Gasteiger partial charge on any atom is -0.370 e. The zero-order chi connectivity index (χ0) is 14.5. The summed E-state index contributed by atoms with van der Waals surface area (Å²) in [5.74, 6) is 0. The Morgan fingerprint density at radius 2 is 1.30 bits per heavy atom. The van der Waals surface area contributed by atoms with Crippen LogP contribution in [0.25, 0.3) is 10.8 Å². The predicted molar refractivity (Wildman–Crippen MR) is 91.1 cm³/mol. The van der Waals surface area contributed by atoms with Crippen LogP contribution in [0.1, 0.15) is 27.7 Å². The van der Waals surface area contributed by atoms with Gasteiger partial charge in [-0.2, -0.15) is 0 Å². The van der Waals surface area contributed by atoms with E-state index in [9.17, 15) is 0 Å². The second-order valence-corrected chi connectivity index (χ2v) is 5.00. The fourth-order valence-corrected chi connectivity index (χ4v) is 2.94.